The standard InChI is InChI=1S/C17H25NOS/c1-12-3-8-16(9-13(12)2)20-11-17(10-19,14-4-5-14)18-15-6-7-15/h3,8-9,14-15,18-19H,4-7,10-11H2,1-2H3. The van der Waals surface area contributed by atoms with Crippen molar-refractivity contribution in [2.75, 3.05) is 12.4 Å². The van der Waals surface area contributed by atoms with Gasteiger partial charge in [-0.2, -0.15) is 0 Å². The Bertz CT molecular complexity index is 482. The van der Waals surface area contributed by atoms with E-state index < -0.39 is 0 Å². The molecule has 2 saturated carbocycles. The maximum absolute atomic E-state index is 9.96. The van der Waals surface area contributed by atoms with Gasteiger partial charge in [0.25, 0.3) is 0 Å². The normalized spacial score (nSPS) is 21.8. The minimum atomic E-state index is -0.0510. The van der Waals surface area contributed by atoms with Gasteiger partial charge in [-0.3, -0.25) is 0 Å². The third kappa shape index (κ3) is 3.21. The second-order valence-corrected chi connectivity index (χ2v) is 7.59. The first-order valence-electron chi connectivity index (χ1n) is 7.71. The van der Waals surface area contributed by atoms with Crippen molar-refractivity contribution in [1.29, 1.82) is 0 Å². The second kappa shape index (κ2) is 5.70. The molecule has 0 saturated heterocycles. The summed E-state index contributed by atoms with van der Waals surface area (Å²) in [5.41, 5.74) is 2.65. The zero-order valence-corrected chi connectivity index (χ0v) is 13.3. The molecule has 0 bridgehead atoms. The van der Waals surface area contributed by atoms with Crippen molar-refractivity contribution >= 4 is 11.8 Å². The molecule has 2 aliphatic rings. The van der Waals surface area contributed by atoms with Crippen LogP contribution in [0.1, 0.15) is 36.8 Å². The van der Waals surface area contributed by atoms with E-state index in [9.17, 15) is 5.11 Å². The maximum atomic E-state index is 9.96. The highest BCUT2D eigenvalue weighted by atomic mass is 32.2. The zero-order chi connectivity index (χ0) is 14.2. The van der Waals surface area contributed by atoms with Crippen LogP contribution in [0.15, 0.2) is 23.1 Å². The summed E-state index contributed by atoms with van der Waals surface area (Å²) >= 11 is 1.89. The lowest BCUT2D eigenvalue weighted by Gasteiger charge is -2.33. The summed E-state index contributed by atoms with van der Waals surface area (Å²) in [7, 11) is 0. The number of hydrogen-bond donors (Lipinski definition) is 2. The summed E-state index contributed by atoms with van der Waals surface area (Å²) in [5, 5.41) is 13.7. The number of aliphatic hydroxyl groups excluding tert-OH is 1. The molecular weight excluding hydrogens is 266 g/mol. The molecular formula is C17H25NOS. The zero-order valence-electron chi connectivity index (χ0n) is 12.5. The van der Waals surface area contributed by atoms with Gasteiger partial charge in [-0.15, -0.1) is 11.8 Å². The number of hydrogen-bond acceptors (Lipinski definition) is 3. The molecule has 1 aromatic rings. The molecule has 3 rings (SSSR count). The van der Waals surface area contributed by atoms with Crippen molar-refractivity contribution in [1.82, 2.24) is 5.32 Å². The lowest BCUT2D eigenvalue weighted by atomic mass is 9.96. The van der Waals surface area contributed by atoms with Crippen LogP contribution in [0.4, 0.5) is 0 Å². The van der Waals surface area contributed by atoms with E-state index >= 15 is 0 Å². The summed E-state index contributed by atoms with van der Waals surface area (Å²) in [5.74, 6) is 1.65. The Balaban J connectivity index is 1.67. The fourth-order valence-corrected chi connectivity index (χ4v) is 4.04. The summed E-state index contributed by atoms with van der Waals surface area (Å²) in [6, 6.07) is 7.33. The average molecular weight is 291 g/mol. The van der Waals surface area contributed by atoms with E-state index in [1.165, 1.54) is 41.7 Å². The van der Waals surface area contributed by atoms with Crippen LogP contribution < -0.4 is 5.32 Å². The first-order valence-corrected chi connectivity index (χ1v) is 8.70. The fraction of sp³-hybridized carbons (Fsp3) is 0.647. The van der Waals surface area contributed by atoms with E-state index in [4.69, 9.17) is 0 Å². The van der Waals surface area contributed by atoms with Crippen LogP contribution in [0.3, 0.4) is 0 Å². The lowest BCUT2D eigenvalue weighted by molar-refractivity contribution is 0.157. The third-order valence-electron chi connectivity index (χ3n) is 4.68. The van der Waals surface area contributed by atoms with Gasteiger partial charge in [0, 0.05) is 16.7 Å². The van der Waals surface area contributed by atoms with E-state index in [-0.39, 0.29) is 12.1 Å². The predicted octanol–water partition coefficient (Wildman–Crippen LogP) is 3.29. The summed E-state index contributed by atoms with van der Waals surface area (Å²) in [6.07, 6.45) is 5.10. The molecule has 0 heterocycles. The molecule has 1 unspecified atom stereocenters. The van der Waals surface area contributed by atoms with Gasteiger partial charge >= 0.3 is 0 Å². The molecule has 20 heavy (non-hydrogen) atoms. The molecule has 2 nitrogen and oxygen atoms in total. The van der Waals surface area contributed by atoms with Crippen LogP contribution in [-0.2, 0) is 0 Å². The molecule has 0 amide bonds. The van der Waals surface area contributed by atoms with Crippen LogP contribution in [0, 0.1) is 19.8 Å². The number of aliphatic hydroxyl groups is 1. The number of nitrogens with one attached hydrogen (secondary N) is 1. The molecule has 0 aliphatic heterocycles. The van der Waals surface area contributed by atoms with Crippen LogP contribution in [0.25, 0.3) is 0 Å². The molecule has 0 spiro atoms. The van der Waals surface area contributed by atoms with E-state index in [1.807, 2.05) is 11.8 Å². The summed E-state index contributed by atoms with van der Waals surface area (Å²) in [4.78, 5) is 1.32. The molecule has 1 aromatic carbocycles. The number of benzene rings is 1. The van der Waals surface area contributed by atoms with Crippen LogP contribution in [-0.4, -0.2) is 29.0 Å². The van der Waals surface area contributed by atoms with Crippen molar-refractivity contribution in [3.63, 3.8) is 0 Å². The van der Waals surface area contributed by atoms with Crippen molar-refractivity contribution < 1.29 is 5.11 Å². The second-order valence-electron chi connectivity index (χ2n) is 6.54. The molecule has 110 valence electrons. The van der Waals surface area contributed by atoms with Crippen molar-refractivity contribution in [2.45, 2.75) is 56.0 Å². The maximum Gasteiger partial charge on any atom is 0.0624 e. The van der Waals surface area contributed by atoms with Gasteiger partial charge in [-0.1, -0.05) is 6.07 Å². The highest BCUT2D eigenvalue weighted by molar-refractivity contribution is 7.99. The van der Waals surface area contributed by atoms with Gasteiger partial charge < -0.3 is 10.4 Å². The van der Waals surface area contributed by atoms with Crippen LogP contribution in [0.5, 0.6) is 0 Å². The Morgan fingerprint density at radius 3 is 2.50 bits per heavy atom. The van der Waals surface area contributed by atoms with Gasteiger partial charge in [0.15, 0.2) is 0 Å². The molecule has 3 heteroatoms. The Labute approximate surface area is 126 Å². The van der Waals surface area contributed by atoms with E-state index in [2.05, 4.69) is 37.4 Å². The quantitative estimate of drug-likeness (QED) is 0.756. The summed E-state index contributed by atoms with van der Waals surface area (Å²) < 4.78 is 0. The highest BCUT2D eigenvalue weighted by Gasteiger charge is 2.47. The Hall–Kier alpha value is -0.510. The third-order valence-corrected chi connectivity index (χ3v) is 5.93. The minimum Gasteiger partial charge on any atom is -0.394 e. The molecule has 0 radical (unpaired) electrons. The van der Waals surface area contributed by atoms with Gasteiger partial charge in [-0.05, 0) is 68.7 Å². The van der Waals surface area contributed by atoms with Crippen molar-refractivity contribution in [3.8, 4) is 0 Å². The number of rotatable bonds is 7. The lowest BCUT2D eigenvalue weighted by Crippen LogP contribution is -2.53. The Morgan fingerprint density at radius 2 is 1.95 bits per heavy atom. The Morgan fingerprint density at radius 1 is 1.20 bits per heavy atom. The molecule has 2 N–H and O–H groups in total. The van der Waals surface area contributed by atoms with Crippen molar-refractivity contribution in [2.24, 2.45) is 5.92 Å². The van der Waals surface area contributed by atoms with Crippen LogP contribution >= 0.6 is 11.8 Å². The molecule has 2 fully saturated rings. The fourth-order valence-electron chi connectivity index (χ4n) is 2.78. The average Bonchev–Trinajstić information content (AvgIpc) is 3.31. The predicted molar refractivity (Wildman–Crippen MR) is 85.3 cm³/mol. The van der Waals surface area contributed by atoms with E-state index in [1.54, 1.807) is 0 Å². The largest absolute Gasteiger partial charge is 0.394 e. The summed E-state index contributed by atoms with van der Waals surface area (Å²) in [6.45, 7) is 4.59. The first kappa shape index (κ1) is 14.4. The monoisotopic (exact) mass is 291 g/mol. The minimum absolute atomic E-state index is 0.0510. The molecule has 1 atom stereocenters. The topological polar surface area (TPSA) is 32.3 Å². The van der Waals surface area contributed by atoms with Gasteiger partial charge in [0.2, 0.25) is 0 Å². The number of aryl methyl sites for hydroxylation is 2. The Kier molecular flexibility index (Phi) is 4.11. The molecule has 0 aromatic heterocycles. The highest BCUT2D eigenvalue weighted by Crippen LogP contribution is 2.44. The first-order chi connectivity index (χ1) is 9.63. The van der Waals surface area contributed by atoms with Gasteiger partial charge in [-0.25, -0.2) is 0 Å². The SMILES string of the molecule is Cc1ccc(SCC(CO)(NC2CC2)C2CC2)cc1C. The van der Waals surface area contributed by atoms with E-state index in [0.29, 0.717) is 12.0 Å². The smallest absolute Gasteiger partial charge is 0.0624 e. The van der Waals surface area contributed by atoms with Crippen LogP contribution in [0.2, 0.25) is 0 Å². The van der Waals surface area contributed by atoms with Gasteiger partial charge in [0.1, 0.15) is 0 Å². The molecule has 2 aliphatic carbocycles. The van der Waals surface area contributed by atoms with Crippen molar-refractivity contribution in [3.05, 3.63) is 29.3 Å². The van der Waals surface area contributed by atoms with Gasteiger partial charge in [0.05, 0.1) is 12.1 Å². The number of thioether (sulfide) groups is 1. The van der Waals surface area contributed by atoms with E-state index in [0.717, 1.165) is 5.75 Å².